The summed E-state index contributed by atoms with van der Waals surface area (Å²) in [5, 5.41) is 9.80. The van der Waals surface area contributed by atoms with Crippen LogP contribution in [-0.4, -0.2) is 24.8 Å². The van der Waals surface area contributed by atoms with Crippen LogP contribution < -0.4 is 4.90 Å². The molecule has 0 spiro atoms. The highest BCUT2D eigenvalue weighted by atomic mass is 35.5. The van der Waals surface area contributed by atoms with E-state index in [0.717, 1.165) is 24.5 Å². The van der Waals surface area contributed by atoms with E-state index in [1.807, 2.05) is 24.3 Å². The molecular formula is C11H14ClNO. The highest BCUT2D eigenvalue weighted by Gasteiger charge is 2.21. The second-order valence-corrected chi connectivity index (χ2v) is 4.20. The minimum atomic E-state index is 0.296. The second-order valence-electron chi connectivity index (χ2n) is 3.76. The van der Waals surface area contributed by atoms with Gasteiger partial charge in [-0.1, -0.05) is 11.6 Å². The number of halogens is 1. The first-order valence-corrected chi connectivity index (χ1v) is 5.29. The maximum Gasteiger partial charge on any atom is 0.0476 e. The van der Waals surface area contributed by atoms with Crippen LogP contribution in [0.2, 0.25) is 5.02 Å². The molecule has 0 bridgehead atoms. The number of anilines is 1. The van der Waals surface area contributed by atoms with Gasteiger partial charge in [0.05, 0.1) is 0 Å². The number of hydrogen-bond donors (Lipinski definition) is 1. The van der Waals surface area contributed by atoms with Crippen LogP contribution in [-0.2, 0) is 0 Å². The quantitative estimate of drug-likeness (QED) is 0.811. The topological polar surface area (TPSA) is 23.5 Å². The van der Waals surface area contributed by atoms with Crippen LogP contribution in [0.25, 0.3) is 0 Å². The Balaban J connectivity index is 2.06. The minimum Gasteiger partial charge on any atom is -0.396 e. The van der Waals surface area contributed by atoms with Crippen molar-refractivity contribution in [1.29, 1.82) is 0 Å². The normalized spacial score (nSPS) is 21.6. The van der Waals surface area contributed by atoms with E-state index in [0.29, 0.717) is 12.5 Å². The van der Waals surface area contributed by atoms with E-state index in [1.54, 1.807) is 0 Å². The van der Waals surface area contributed by atoms with Crippen LogP contribution in [0.4, 0.5) is 5.69 Å². The first kappa shape index (κ1) is 9.81. The molecule has 0 aliphatic carbocycles. The minimum absolute atomic E-state index is 0.296. The largest absolute Gasteiger partial charge is 0.396 e. The van der Waals surface area contributed by atoms with Gasteiger partial charge < -0.3 is 10.0 Å². The van der Waals surface area contributed by atoms with Gasteiger partial charge in [-0.25, -0.2) is 0 Å². The van der Waals surface area contributed by atoms with Gasteiger partial charge in [0.1, 0.15) is 0 Å². The zero-order chi connectivity index (χ0) is 9.97. The molecule has 0 unspecified atom stereocenters. The number of nitrogens with zero attached hydrogens (tertiary/aromatic N) is 1. The monoisotopic (exact) mass is 211 g/mol. The van der Waals surface area contributed by atoms with Crippen LogP contribution in [0, 0.1) is 5.92 Å². The third-order valence-electron chi connectivity index (χ3n) is 2.74. The number of hydrogen-bond acceptors (Lipinski definition) is 2. The van der Waals surface area contributed by atoms with E-state index in [-0.39, 0.29) is 0 Å². The Labute approximate surface area is 89.1 Å². The third kappa shape index (κ3) is 2.02. The van der Waals surface area contributed by atoms with Gasteiger partial charge in [0.15, 0.2) is 0 Å². The molecule has 76 valence electrons. The first-order valence-electron chi connectivity index (χ1n) is 4.91. The Hall–Kier alpha value is -0.730. The van der Waals surface area contributed by atoms with Crippen molar-refractivity contribution in [1.82, 2.24) is 0 Å². The van der Waals surface area contributed by atoms with E-state index < -0.39 is 0 Å². The van der Waals surface area contributed by atoms with Crippen LogP contribution in [0.5, 0.6) is 0 Å². The Morgan fingerprint density at radius 3 is 2.64 bits per heavy atom. The summed E-state index contributed by atoms with van der Waals surface area (Å²) < 4.78 is 0. The van der Waals surface area contributed by atoms with Gasteiger partial charge in [-0.15, -0.1) is 0 Å². The molecule has 1 atom stereocenters. The molecule has 1 aromatic carbocycles. The molecule has 1 N–H and O–H groups in total. The van der Waals surface area contributed by atoms with Crippen molar-refractivity contribution in [3.05, 3.63) is 29.3 Å². The van der Waals surface area contributed by atoms with Gasteiger partial charge in [0.25, 0.3) is 0 Å². The second kappa shape index (κ2) is 4.20. The molecule has 1 aliphatic rings. The van der Waals surface area contributed by atoms with Crippen LogP contribution >= 0.6 is 11.6 Å². The molecule has 1 aliphatic heterocycles. The van der Waals surface area contributed by atoms with E-state index in [9.17, 15) is 0 Å². The van der Waals surface area contributed by atoms with Crippen molar-refractivity contribution in [3.63, 3.8) is 0 Å². The maximum atomic E-state index is 9.03. The molecule has 1 saturated heterocycles. The van der Waals surface area contributed by atoms with Gasteiger partial charge in [-0.3, -0.25) is 0 Å². The summed E-state index contributed by atoms with van der Waals surface area (Å²) in [6, 6.07) is 7.87. The first-order chi connectivity index (χ1) is 6.79. The number of benzene rings is 1. The fourth-order valence-electron chi connectivity index (χ4n) is 1.87. The van der Waals surface area contributed by atoms with Crippen molar-refractivity contribution in [2.24, 2.45) is 5.92 Å². The van der Waals surface area contributed by atoms with Crippen molar-refractivity contribution < 1.29 is 5.11 Å². The molecule has 0 aromatic heterocycles. The zero-order valence-electron chi connectivity index (χ0n) is 7.99. The van der Waals surface area contributed by atoms with Crippen LogP contribution in [0.15, 0.2) is 24.3 Å². The average molecular weight is 212 g/mol. The van der Waals surface area contributed by atoms with Crippen molar-refractivity contribution in [3.8, 4) is 0 Å². The Morgan fingerprint density at radius 2 is 2.07 bits per heavy atom. The lowest BCUT2D eigenvalue weighted by molar-refractivity contribution is 0.238. The molecule has 2 nitrogen and oxygen atoms in total. The van der Waals surface area contributed by atoms with Crippen molar-refractivity contribution in [2.45, 2.75) is 6.42 Å². The highest BCUT2D eigenvalue weighted by Crippen LogP contribution is 2.24. The third-order valence-corrected chi connectivity index (χ3v) is 2.99. The number of aliphatic hydroxyl groups excluding tert-OH is 1. The lowest BCUT2D eigenvalue weighted by Crippen LogP contribution is -2.20. The predicted molar refractivity (Wildman–Crippen MR) is 58.9 cm³/mol. The standard InChI is InChI=1S/C11H14ClNO/c12-10-1-3-11(4-2-10)13-6-5-9(7-13)8-14/h1-4,9,14H,5-8H2/t9-/m1/s1. The lowest BCUT2D eigenvalue weighted by Gasteiger charge is -2.18. The van der Waals surface area contributed by atoms with Crippen LogP contribution in [0.3, 0.4) is 0 Å². The number of aliphatic hydroxyl groups is 1. The molecule has 1 heterocycles. The predicted octanol–water partition coefficient (Wildman–Crippen LogP) is 2.16. The summed E-state index contributed by atoms with van der Waals surface area (Å²) in [4.78, 5) is 2.29. The summed E-state index contributed by atoms with van der Waals surface area (Å²) in [7, 11) is 0. The van der Waals surface area contributed by atoms with Gasteiger partial charge in [0.2, 0.25) is 0 Å². The molecule has 14 heavy (non-hydrogen) atoms. The molecule has 0 radical (unpaired) electrons. The van der Waals surface area contributed by atoms with E-state index >= 15 is 0 Å². The van der Waals surface area contributed by atoms with Gasteiger partial charge in [-0.05, 0) is 30.7 Å². The average Bonchev–Trinajstić information content (AvgIpc) is 2.67. The van der Waals surface area contributed by atoms with Crippen molar-refractivity contribution in [2.75, 3.05) is 24.6 Å². The van der Waals surface area contributed by atoms with E-state index in [2.05, 4.69) is 4.90 Å². The number of rotatable bonds is 2. The van der Waals surface area contributed by atoms with Crippen molar-refractivity contribution >= 4 is 17.3 Å². The van der Waals surface area contributed by atoms with Gasteiger partial charge in [0, 0.05) is 36.3 Å². The molecular weight excluding hydrogens is 198 g/mol. The van der Waals surface area contributed by atoms with Gasteiger partial charge in [-0.2, -0.15) is 0 Å². The van der Waals surface area contributed by atoms with E-state index in [1.165, 1.54) is 5.69 Å². The molecule has 1 aromatic rings. The Kier molecular flexibility index (Phi) is 2.94. The summed E-state index contributed by atoms with van der Waals surface area (Å²) in [6.45, 7) is 2.29. The molecule has 0 saturated carbocycles. The lowest BCUT2D eigenvalue weighted by atomic mass is 10.1. The smallest absolute Gasteiger partial charge is 0.0476 e. The highest BCUT2D eigenvalue weighted by molar-refractivity contribution is 6.30. The summed E-state index contributed by atoms with van der Waals surface area (Å²) in [5.41, 5.74) is 1.20. The maximum absolute atomic E-state index is 9.03. The molecule has 1 fully saturated rings. The zero-order valence-corrected chi connectivity index (χ0v) is 8.74. The van der Waals surface area contributed by atoms with Gasteiger partial charge >= 0.3 is 0 Å². The SMILES string of the molecule is OC[C@@H]1CCN(c2ccc(Cl)cc2)C1. The molecule has 2 rings (SSSR count). The summed E-state index contributed by atoms with van der Waals surface area (Å²) >= 11 is 5.82. The summed E-state index contributed by atoms with van der Waals surface area (Å²) in [6.07, 6.45) is 1.08. The Morgan fingerprint density at radius 1 is 1.36 bits per heavy atom. The van der Waals surface area contributed by atoms with E-state index in [4.69, 9.17) is 16.7 Å². The fourth-order valence-corrected chi connectivity index (χ4v) is 1.99. The molecule has 0 amide bonds. The van der Waals surface area contributed by atoms with Crippen LogP contribution in [0.1, 0.15) is 6.42 Å². The Bertz CT molecular complexity index is 299. The molecule has 3 heteroatoms. The summed E-state index contributed by atoms with van der Waals surface area (Å²) in [5.74, 6) is 0.436. The fraction of sp³-hybridized carbons (Fsp3) is 0.455.